The summed E-state index contributed by atoms with van der Waals surface area (Å²) in [5, 5.41) is 10.2. The fourth-order valence-corrected chi connectivity index (χ4v) is 8.00. The maximum atomic E-state index is 5.08. The molecule has 2 radical (unpaired) electrons. The van der Waals surface area contributed by atoms with Gasteiger partial charge in [-0.1, -0.05) is 232 Å². The fourth-order valence-electron chi connectivity index (χ4n) is 8.00. The van der Waals surface area contributed by atoms with Gasteiger partial charge in [-0.3, -0.25) is 32.5 Å². The first-order valence-electron chi connectivity index (χ1n) is 25.0. The Hall–Kier alpha value is -3.47. The summed E-state index contributed by atoms with van der Waals surface area (Å²) in [6, 6.07) is 26.3. The number of nitrogens with two attached hydrogens (primary N) is 2. The molecule has 0 heterocycles. The van der Waals surface area contributed by atoms with Gasteiger partial charge in [-0.2, -0.15) is 11.4 Å². The van der Waals surface area contributed by atoms with Gasteiger partial charge >= 0.3 is 34.1 Å². The van der Waals surface area contributed by atoms with E-state index in [1.165, 1.54) is 44.5 Å². The number of hydrogen-bond acceptors (Lipinski definition) is 6. The number of hydrogen-bond donors (Lipinski definition) is 4. The molecular formula is C60H94Fe2N8S+2. The molecule has 0 aromatic heterocycles. The number of hydrazine groups is 2. The third-order valence-electron chi connectivity index (χ3n) is 11.4. The molecule has 0 bridgehead atoms. The molecule has 0 amide bonds. The summed E-state index contributed by atoms with van der Waals surface area (Å²) in [7, 11) is 3.31. The van der Waals surface area contributed by atoms with Crippen LogP contribution in [0.4, 0.5) is 22.7 Å². The van der Waals surface area contributed by atoms with Gasteiger partial charge in [0.25, 0.3) is 0 Å². The zero-order valence-electron chi connectivity index (χ0n) is 47.8. The molecule has 6 N–H and O–H groups in total. The standard InChI is InChI=1S/2C29H41N2.2CH6N2.2Fe.S/c2*1-18(2)24-13-11-14-25(19(3)4)28(24)30-22(9)17-23(10)31-29-26(20(5)6)15-12-16-27(29)21(7)8;2*1-3-2;;;/h2*11-21H,1-10H3;2*3H,2H2,1H3;;;/q2*-1;;;2*+3;-2/b2*22-17-,31-23?;;;;;. The maximum Gasteiger partial charge on any atom is 3.00 e. The Kier molecular flexibility index (Phi) is 36.9. The molecule has 0 aliphatic heterocycles. The number of nitrogens with zero attached hydrogens (tertiary/aromatic N) is 4. The average molecular weight is 1070 g/mol. The molecule has 0 atom stereocenters. The van der Waals surface area contributed by atoms with Crippen molar-refractivity contribution in [1.29, 1.82) is 0 Å². The van der Waals surface area contributed by atoms with Crippen LogP contribution < -0.4 is 22.5 Å². The van der Waals surface area contributed by atoms with Crippen LogP contribution in [0.15, 0.2) is 106 Å². The smallest absolute Gasteiger partial charge is 2.00 e. The molecule has 0 unspecified atom stereocenters. The van der Waals surface area contributed by atoms with Gasteiger partial charge in [0.1, 0.15) is 0 Å². The van der Waals surface area contributed by atoms with Gasteiger partial charge in [-0.25, -0.2) is 0 Å². The van der Waals surface area contributed by atoms with Crippen molar-refractivity contribution in [2.24, 2.45) is 21.7 Å². The third-order valence-corrected chi connectivity index (χ3v) is 11.4. The number of allylic oxidation sites excluding steroid dienone is 4. The molecule has 0 spiro atoms. The first kappa shape index (κ1) is 71.8. The van der Waals surface area contributed by atoms with Crippen molar-refractivity contribution < 1.29 is 34.1 Å². The summed E-state index contributed by atoms with van der Waals surface area (Å²) in [5.74, 6) is 12.7. The summed E-state index contributed by atoms with van der Waals surface area (Å²) in [5.41, 5.74) is 23.4. The molecule has 71 heavy (non-hydrogen) atoms. The van der Waals surface area contributed by atoms with Gasteiger partial charge in [0.05, 0.1) is 11.4 Å². The molecule has 4 rings (SSSR count). The van der Waals surface area contributed by atoms with Crippen LogP contribution in [0.2, 0.25) is 0 Å². The van der Waals surface area contributed by atoms with Gasteiger partial charge < -0.3 is 24.1 Å². The Morgan fingerprint density at radius 1 is 0.394 bits per heavy atom. The monoisotopic (exact) mass is 1070 g/mol. The van der Waals surface area contributed by atoms with E-state index in [0.717, 1.165) is 45.6 Å². The van der Waals surface area contributed by atoms with E-state index < -0.39 is 0 Å². The first-order chi connectivity index (χ1) is 31.9. The van der Waals surface area contributed by atoms with E-state index in [0.29, 0.717) is 47.3 Å². The minimum atomic E-state index is 0. The van der Waals surface area contributed by atoms with E-state index in [1.54, 1.807) is 14.1 Å². The molecular weight excluding hydrogens is 976 g/mol. The SMILES string of the molecule is CC(/C=C(/C)[N-]c1c(C(C)C)cccc1C(C)C)=Nc1c(C(C)C)cccc1C(C)C.CC(/C=C(/C)[N-]c1c(C(C)C)cccc1C(C)C)=Nc1c(C(C)C)cccc1C(C)C.CNN.CNN.[Fe+3].[Fe+3].[S-2]. The topological polar surface area (TPSA) is 129 Å². The van der Waals surface area contributed by atoms with Crippen LogP contribution in [0.1, 0.15) is 230 Å². The van der Waals surface area contributed by atoms with Crippen LogP contribution >= 0.6 is 0 Å². The number of para-hydroxylation sites is 4. The summed E-state index contributed by atoms with van der Waals surface area (Å²) >= 11 is 0. The Morgan fingerprint density at radius 3 is 0.732 bits per heavy atom. The van der Waals surface area contributed by atoms with E-state index in [4.69, 9.17) is 20.6 Å². The van der Waals surface area contributed by atoms with E-state index in [2.05, 4.69) is 246 Å². The van der Waals surface area contributed by atoms with Crippen molar-refractivity contribution in [3.63, 3.8) is 0 Å². The van der Waals surface area contributed by atoms with Crippen LogP contribution in [0.25, 0.3) is 10.6 Å². The van der Waals surface area contributed by atoms with Crippen LogP contribution in [0, 0.1) is 0 Å². The van der Waals surface area contributed by atoms with E-state index in [9.17, 15) is 0 Å². The molecule has 0 aliphatic carbocycles. The summed E-state index contributed by atoms with van der Waals surface area (Å²) in [6.07, 6.45) is 4.23. The van der Waals surface area contributed by atoms with E-state index in [-0.39, 0.29) is 47.6 Å². The van der Waals surface area contributed by atoms with E-state index >= 15 is 0 Å². The van der Waals surface area contributed by atoms with Crippen molar-refractivity contribution in [3.05, 3.63) is 151 Å². The third kappa shape index (κ3) is 23.5. The predicted molar refractivity (Wildman–Crippen MR) is 311 cm³/mol. The normalized spacial score (nSPS) is 11.9. The van der Waals surface area contributed by atoms with Crippen LogP contribution in [0.5, 0.6) is 0 Å². The fraction of sp³-hybridized carbons (Fsp3) is 0.500. The maximum absolute atomic E-state index is 5.08. The average Bonchev–Trinajstić information content (AvgIpc) is 3.23. The molecule has 0 saturated carbocycles. The van der Waals surface area contributed by atoms with Gasteiger partial charge in [-0.05, 0) is 97.5 Å². The Balaban J connectivity index is -0.00000113. The number of benzene rings is 4. The molecule has 0 aliphatic rings. The van der Waals surface area contributed by atoms with Crippen molar-refractivity contribution in [3.8, 4) is 0 Å². The minimum Gasteiger partial charge on any atom is -2.00 e. The van der Waals surface area contributed by atoms with Gasteiger partial charge in [0, 0.05) is 11.4 Å². The van der Waals surface area contributed by atoms with Crippen LogP contribution in [0.3, 0.4) is 0 Å². The largest absolute Gasteiger partial charge is 3.00 e. The molecule has 4 aromatic carbocycles. The molecule has 4 aromatic rings. The van der Waals surface area contributed by atoms with Crippen molar-refractivity contribution >= 4 is 47.7 Å². The Labute approximate surface area is 462 Å². The molecule has 8 nitrogen and oxygen atoms in total. The van der Waals surface area contributed by atoms with Crippen LogP contribution in [-0.2, 0) is 47.6 Å². The Bertz CT molecular complexity index is 2010. The Morgan fingerprint density at radius 2 is 0.563 bits per heavy atom. The second-order valence-corrected chi connectivity index (χ2v) is 20.3. The summed E-state index contributed by atoms with van der Waals surface area (Å²) in [4.78, 5) is 10.2. The molecule has 0 fully saturated rings. The van der Waals surface area contributed by atoms with Crippen LogP contribution in [-0.4, -0.2) is 25.5 Å². The van der Waals surface area contributed by atoms with Crippen molar-refractivity contribution in [1.82, 2.24) is 10.9 Å². The quantitative estimate of drug-likeness (QED) is 0.0385. The van der Waals surface area contributed by atoms with Gasteiger partial charge in [0.2, 0.25) is 0 Å². The van der Waals surface area contributed by atoms with Crippen molar-refractivity contribution in [2.45, 2.75) is 186 Å². The zero-order valence-corrected chi connectivity index (χ0v) is 50.8. The van der Waals surface area contributed by atoms with Gasteiger partial charge in [-0.15, -0.1) is 11.4 Å². The van der Waals surface area contributed by atoms with E-state index in [1.807, 2.05) is 0 Å². The zero-order chi connectivity index (χ0) is 52.0. The second-order valence-electron chi connectivity index (χ2n) is 20.3. The first-order valence-corrected chi connectivity index (χ1v) is 25.0. The number of nitrogens with one attached hydrogen (secondary N) is 2. The molecule has 394 valence electrons. The number of aliphatic imine (C=N–C) groups is 2. The molecule has 11 heteroatoms. The van der Waals surface area contributed by atoms with Gasteiger partial charge in [0.15, 0.2) is 0 Å². The molecule has 0 saturated heterocycles. The number of rotatable bonds is 16. The second kappa shape index (κ2) is 36.5. The van der Waals surface area contributed by atoms with Crippen molar-refractivity contribution in [2.75, 3.05) is 14.1 Å². The minimum absolute atomic E-state index is 0. The predicted octanol–water partition coefficient (Wildman–Crippen LogP) is 17.9. The summed E-state index contributed by atoms with van der Waals surface area (Å²) < 4.78 is 0. The summed E-state index contributed by atoms with van der Waals surface area (Å²) in [6.45, 7) is 44.1.